The van der Waals surface area contributed by atoms with Crippen LogP contribution in [-0.2, 0) is 0 Å². The van der Waals surface area contributed by atoms with Gasteiger partial charge in [-0.15, -0.1) is 0 Å². The molecule has 3 rings (SSSR count). The van der Waals surface area contributed by atoms with Crippen molar-refractivity contribution in [3.63, 3.8) is 0 Å². The molecule has 28 heavy (non-hydrogen) atoms. The topological polar surface area (TPSA) is 107 Å². The number of amides is 1. The fourth-order valence-electron chi connectivity index (χ4n) is 3.77. The van der Waals surface area contributed by atoms with E-state index in [1.54, 1.807) is 0 Å². The van der Waals surface area contributed by atoms with Crippen LogP contribution in [0.4, 0.5) is 5.69 Å². The quantitative estimate of drug-likeness (QED) is 0.551. The van der Waals surface area contributed by atoms with Gasteiger partial charge in [-0.1, -0.05) is 43.7 Å². The Kier molecular flexibility index (Phi) is 6.68. The number of hydrogen-bond acceptors (Lipinski definition) is 4. The lowest BCUT2D eigenvalue weighted by molar-refractivity contribution is 0.0921. The number of carbonyl (C=O) groups is 1. The molecule has 0 radical (unpaired) electrons. The second-order valence-corrected chi connectivity index (χ2v) is 7.37. The van der Waals surface area contributed by atoms with Gasteiger partial charge < -0.3 is 15.6 Å². The van der Waals surface area contributed by atoms with Crippen LogP contribution in [-0.4, -0.2) is 28.5 Å². The van der Waals surface area contributed by atoms with E-state index in [1.165, 1.54) is 5.56 Å². The molecule has 0 saturated heterocycles. The van der Waals surface area contributed by atoms with Crippen molar-refractivity contribution in [3.8, 4) is 0 Å². The van der Waals surface area contributed by atoms with Crippen LogP contribution in [0.15, 0.2) is 39.9 Å². The van der Waals surface area contributed by atoms with Gasteiger partial charge in [-0.05, 0) is 43.6 Å². The molecule has 1 aliphatic carbocycles. The van der Waals surface area contributed by atoms with E-state index in [0.29, 0.717) is 12.5 Å². The summed E-state index contributed by atoms with van der Waals surface area (Å²) in [5.41, 5.74) is 0.230. The van der Waals surface area contributed by atoms with E-state index in [-0.39, 0.29) is 17.4 Å². The summed E-state index contributed by atoms with van der Waals surface area (Å²) in [5, 5.41) is 5.97. The molecule has 0 atom stereocenters. The number of hydrogen-bond donors (Lipinski definition) is 4. The summed E-state index contributed by atoms with van der Waals surface area (Å²) in [6, 6.07) is 10.5. The Hall–Kier alpha value is -2.83. The highest BCUT2D eigenvalue weighted by molar-refractivity contribution is 5.97. The first-order valence-corrected chi connectivity index (χ1v) is 10.0. The maximum absolute atomic E-state index is 12.7. The molecule has 7 nitrogen and oxygen atoms in total. The fraction of sp³-hybridized carbons (Fsp3) is 0.476. The fourth-order valence-corrected chi connectivity index (χ4v) is 3.77. The molecule has 2 aromatic rings. The summed E-state index contributed by atoms with van der Waals surface area (Å²) in [6.45, 7) is 2.60. The predicted octanol–water partition coefficient (Wildman–Crippen LogP) is 2.73. The van der Waals surface area contributed by atoms with Crippen LogP contribution < -0.4 is 21.9 Å². The first kappa shape index (κ1) is 19.9. The summed E-state index contributed by atoms with van der Waals surface area (Å²) >= 11 is 0. The number of unbranched alkanes of at least 4 members (excludes halogenated alkanes) is 1. The largest absolute Gasteiger partial charge is 0.379 e. The number of benzene rings is 1. The first-order valence-electron chi connectivity index (χ1n) is 10.0. The molecule has 1 saturated carbocycles. The van der Waals surface area contributed by atoms with Crippen LogP contribution in [0.5, 0.6) is 0 Å². The van der Waals surface area contributed by atoms with Crippen molar-refractivity contribution in [2.24, 2.45) is 0 Å². The molecule has 150 valence electrons. The van der Waals surface area contributed by atoms with Crippen LogP contribution >= 0.6 is 0 Å². The van der Waals surface area contributed by atoms with Crippen LogP contribution in [0.3, 0.4) is 0 Å². The van der Waals surface area contributed by atoms with E-state index in [2.05, 4.69) is 44.9 Å². The molecule has 1 aromatic carbocycles. The molecule has 0 bridgehead atoms. The van der Waals surface area contributed by atoms with Gasteiger partial charge in [0.1, 0.15) is 11.4 Å². The van der Waals surface area contributed by atoms with E-state index in [0.717, 1.165) is 38.5 Å². The summed E-state index contributed by atoms with van der Waals surface area (Å²) < 4.78 is 0. The Labute approximate surface area is 164 Å². The summed E-state index contributed by atoms with van der Waals surface area (Å²) in [4.78, 5) is 41.2. The number of anilines is 1. The Bertz CT molecular complexity index is 896. The normalized spacial score (nSPS) is 19.2. The Morgan fingerprint density at radius 2 is 1.79 bits per heavy atom. The van der Waals surface area contributed by atoms with Gasteiger partial charge in [0.15, 0.2) is 0 Å². The van der Waals surface area contributed by atoms with Gasteiger partial charge in [0.05, 0.1) is 0 Å². The molecule has 4 N–H and O–H groups in total. The molecule has 1 heterocycles. The average molecular weight is 384 g/mol. The second-order valence-electron chi connectivity index (χ2n) is 7.37. The molecule has 1 amide bonds. The molecule has 0 unspecified atom stereocenters. The SMILES string of the molecule is CCCCNc1c(C(=O)NC2CCC(c3ccccc3)CC2)[nH]c(=O)[nH]c1=O. The van der Waals surface area contributed by atoms with Gasteiger partial charge in [0, 0.05) is 12.6 Å². The molecule has 1 fully saturated rings. The van der Waals surface area contributed by atoms with Crippen LogP contribution in [0.1, 0.15) is 67.4 Å². The van der Waals surface area contributed by atoms with Crippen LogP contribution in [0.25, 0.3) is 0 Å². The summed E-state index contributed by atoms with van der Waals surface area (Å²) in [5.74, 6) is 0.102. The van der Waals surface area contributed by atoms with Gasteiger partial charge in [-0.25, -0.2) is 4.79 Å². The number of carbonyl (C=O) groups excluding carboxylic acids is 1. The van der Waals surface area contributed by atoms with Gasteiger partial charge in [0.2, 0.25) is 0 Å². The van der Waals surface area contributed by atoms with Gasteiger partial charge in [-0.3, -0.25) is 14.6 Å². The molecule has 0 spiro atoms. The zero-order valence-corrected chi connectivity index (χ0v) is 16.2. The monoisotopic (exact) mass is 384 g/mol. The molecular formula is C21H28N4O3. The highest BCUT2D eigenvalue weighted by atomic mass is 16.2. The van der Waals surface area contributed by atoms with Gasteiger partial charge >= 0.3 is 5.69 Å². The van der Waals surface area contributed by atoms with E-state index in [4.69, 9.17) is 0 Å². The van der Waals surface area contributed by atoms with E-state index in [1.807, 2.05) is 13.0 Å². The third kappa shape index (κ3) is 4.91. The van der Waals surface area contributed by atoms with Gasteiger partial charge in [-0.2, -0.15) is 0 Å². The third-order valence-electron chi connectivity index (χ3n) is 5.34. The Morgan fingerprint density at radius 3 is 2.46 bits per heavy atom. The van der Waals surface area contributed by atoms with Crippen LogP contribution in [0.2, 0.25) is 0 Å². The third-order valence-corrected chi connectivity index (χ3v) is 5.34. The minimum atomic E-state index is -0.677. The first-order chi connectivity index (χ1) is 13.6. The molecular weight excluding hydrogens is 356 g/mol. The maximum Gasteiger partial charge on any atom is 0.326 e. The average Bonchev–Trinajstić information content (AvgIpc) is 2.70. The lowest BCUT2D eigenvalue weighted by atomic mass is 9.82. The maximum atomic E-state index is 12.7. The van der Waals surface area contributed by atoms with E-state index in [9.17, 15) is 14.4 Å². The van der Waals surface area contributed by atoms with Crippen molar-refractivity contribution in [3.05, 3.63) is 62.4 Å². The number of H-pyrrole nitrogens is 2. The smallest absolute Gasteiger partial charge is 0.326 e. The van der Waals surface area contributed by atoms with Crippen molar-refractivity contribution < 1.29 is 4.79 Å². The summed E-state index contributed by atoms with van der Waals surface area (Å²) in [7, 11) is 0. The molecule has 1 aliphatic rings. The standard InChI is InChI=1S/C21H28N4O3/c1-2-3-13-22-17-18(24-21(28)25-19(17)26)20(27)23-16-11-9-15(10-12-16)14-7-5-4-6-8-14/h4-8,15-16,22H,2-3,9-13H2,1H3,(H,23,27)(H2,24,25,26,28). The molecule has 1 aromatic heterocycles. The minimum absolute atomic E-state index is 0.00929. The zero-order valence-electron chi connectivity index (χ0n) is 16.2. The molecule has 0 aliphatic heterocycles. The number of rotatable bonds is 7. The lowest BCUT2D eigenvalue weighted by Gasteiger charge is -2.29. The van der Waals surface area contributed by atoms with Crippen molar-refractivity contribution in [1.29, 1.82) is 0 Å². The lowest BCUT2D eigenvalue weighted by Crippen LogP contribution is -2.40. The summed E-state index contributed by atoms with van der Waals surface area (Å²) in [6.07, 6.45) is 5.57. The predicted molar refractivity (Wildman–Crippen MR) is 110 cm³/mol. The Balaban J connectivity index is 1.65. The highest BCUT2D eigenvalue weighted by Gasteiger charge is 2.25. The zero-order chi connectivity index (χ0) is 19.9. The highest BCUT2D eigenvalue weighted by Crippen LogP contribution is 2.32. The number of nitrogens with one attached hydrogen (secondary N) is 4. The van der Waals surface area contributed by atoms with Crippen molar-refractivity contribution >= 4 is 11.6 Å². The number of aromatic nitrogens is 2. The molecule has 7 heteroatoms. The minimum Gasteiger partial charge on any atom is -0.379 e. The number of aromatic amines is 2. The van der Waals surface area contributed by atoms with E-state index >= 15 is 0 Å². The van der Waals surface area contributed by atoms with Crippen molar-refractivity contribution in [1.82, 2.24) is 15.3 Å². The Morgan fingerprint density at radius 1 is 1.07 bits per heavy atom. The van der Waals surface area contributed by atoms with Gasteiger partial charge in [0.25, 0.3) is 11.5 Å². The van der Waals surface area contributed by atoms with E-state index < -0.39 is 17.2 Å². The second kappa shape index (κ2) is 9.39. The van der Waals surface area contributed by atoms with Crippen molar-refractivity contribution in [2.75, 3.05) is 11.9 Å². The van der Waals surface area contributed by atoms with Crippen LogP contribution in [0, 0.1) is 0 Å². The van der Waals surface area contributed by atoms with Crippen molar-refractivity contribution in [2.45, 2.75) is 57.4 Å².